The van der Waals surface area contributed by atoms with Crippen molar-refractivity contribution in [3.63, 3.8) is 0 Å². The molecule has 1 N–H and O–H groups in total. The van der Waals surface area contributed by atoms with E-state index in [2.05, 4.69) is 10.3 Å². The number of carbonyl (C=O) groups is 1. The van der Waals surface area contributed by atoms with E-state index in [9.17, 15) is 9.59 Å². The van der Waals surface area contributed by atoms with Gasteiger partial charge in [-0.05, 0) is 18.6 Å². The number of fused-ring (bicyclic) bond motifs is 2. The third kappa shape index (κ3) is 3.33. The fourth-order valence-electron chi connectivity index (χ4n) is 2.95. The molecule has 2 aromatic carbocycles. The molecule has 0 saturated carbocycles. The average molecular weight is 386 g/mol. The summed E-state index contributed by atoms with van der Waals surface area (Å²) in [5.41, 5.74) is 1.66. The normalized spacial score (nSPS) is 12.8. The average Bonchev–Trinajstić information content (AvgIpc) is 2.65. The van der Waals surface area contributed by atoms with E-state index in [0.717, 1.165) is 5.56 Å². The van der Waals surface area contributed by atoms with E-state index in [1.165, 1.54) is 10.9 Å². The van der Waals surface area contributed by atoms with Crippen molar-refractivity contribution in [2.45, 2.75) is 13.5 Å². The molecule has 0 atom stereocenters. The number of anilines is 1. The van der Waals surface area contributed by atoms with E-state index < -0.39 is 5.91 Å². The molecule has 1 aliphatic heterocycles. The van der Waals surface area contributed by atoms with Crippen molar-refractivity contribution in [3.05, 3.63) is 57.6 Å². The van der Waals surface area contributed by atoms with Crippen molar-refractivity contribution < 1.29 is 14.3 Å². The van der Waals surface area contributed by atoms with Gasteiger partial charge in [0, 0.05) is 12.1 Å². The third-order valence-electron chi connectivity index (χ3n) is 4.28. The molecule has 138 valence electrons. The maximum Gasteiger partial charge on any atom is 0.261 e. The molecule has 1 aliphatic rings. The lowest BCUT2D eigenvalue weighted by Crippen LogP contribution is -2.28. The van der Waals surface area contributed by atoms with Crippen LogP contribution in [0.15, 0.2) is 41.5 Å². The number of amides is 1. The van der Waals surface area contributed by atoms with Crippen LogP contribution in [0.4, 0.5) is 5.69 Å². The van der Waals surface area contributed by atoms with Crippen molar-refractivity contribution in [1.29, 1.82) is 0 Å². The number of hydrogen-bond acceptors (Lipinski definition) is 5. The van der Waals surface area contributed by atoms with Gasteiger partial charge in [-0.25, -0.2) is 4.98 Å². The second kappa shape index (κ2) is 6.92. The van der Waals surface area contributed by atoms with E-state index in [4.69, 9.17) is 21.1 Å². The number of nitrogens with one attached hydrogen (secondary N) is 1. The van der Waals surface area contributed by atoms with Gasteiger partial charge < -0.3 is 14.8 Å². The van der Waals surface area contributed by atoms with Crippen LogP contribution < -0.4 is 20.3 Å². The lowest BCUT2D eigenvalue weighted by molar-refractivity contribution is -0.116. The van der Waals surface area contributed by atoms with Gasteiger partial charge >= 0.3 is 0 Å². The van der Waals surface area contributed by atoms with Gasteiger partial charge in [0.2, 0.25) is 5.91 Å². The molecule has 0 unspecified atom stereocenters. The summed E-state index contributed by atoms with van der Waals surface area (Å²) in [4.78, 5) is 29.3. The van der Waals surface area contributed by atoms with Crippen molar-refractivity contribution >= 4 is 34.1 Å². The van der Waals surface area contributed by atoms with Gasteiger partial charge in [0.1, 0.15) is 19.8 Å². The van der Waals surface area contributed by atoms with E-state index in [0.29, 0.717) is 46.3 Å². The van der Waals surface area contributed by atoms with Crippen LogP contribution in [0.2, 0.25) is 5.02 Å². The Bertz CT molecular complexity index is 1110. The zero-order chi connectivity index (χ0) is 19.0. The monoisotopic (exact) mass is 385 g/mol. The smallest absolute Gasteiger partial charge is 0.261 e. The number of ether oxygens (including phenoxy) is 2. The SMILES string of the molecule is Cc1cccc2c(=O)n(CC(=O)Nc3cc4c(cc3Cl)OCCO4)cnc12. The van der Waals surface area contributed by atoms with Crippen LogP contribution in [-0.4, -0.2) is 28.7 Å². The number of para-hydroxylation sites is 1. The summed E-state index contributed by atoms with van der Waals surface area (Å²) < 4.78 is 12.2. The molecule has 0 bridgehead atoms. The molecule has 27 heavy (non-hydrogen) atoms. The quantitative estimate of drug-likeness (QED) is 0.749. The number of nitrogens with zero attached hydrogens (tertiary/aromatic N) is 2. The highest BCUT2D eigenvalue weighted by atomic mass is 35.5. The molecule has 2 heterocycles. The van der Waals surface area contributed by atoms with Crippen LogP contribution in [0.3, 0.4) is 0 Å². The van der Waals surface area contributed by atoms with Crippen LogP contribution in [0.1, 0.15) is 5.56 Å². The molecule has 0 saturated heterocycles. The van der Waals surface area contributed by atoms with Crippen LogP contribution in [0.25, 0.3) is 10.9 Å². The molecule has 4 rings (SSSR count). The molecule has 3 aromatic rings. The van der Waals surface area contributed by atoms with Crippen LogP contribution in [0, 0.1) is 6.92 Å². The minimum Gasteiger partial charge on any atom is -0.486 e. The molecule has 1 aromatic heterocycles. The molecule has 0 aliphatic carbocycles. The topological polar surface area (TPSA) is 82.5 Å². The first-order valence-corrected chi connectivity index (χ1v) is 8.74. The highest BCUT2D eigenvalue weighted by molar-refractivity contribution is 6.34. The molecule has 0 fully saturated rings. The molecular formula is C19H16ClN3O4. The summed E-state index contributed by atoms with van der Waals surface area (Å²) in [6.07, 6.45) is 1.38. The zero-order valence-corrected chi connectivity index (χ0v) is 15.2. The molecule has 0 radical (unpaired) electrons. The van der Waals surface area contributed by atoms with E-state index >= 15 is 0 Å². The van der Waals surface area contributed by atoms with Crippen molar-refractivity contribution in [1.82, 2.24) is 9.55 Å². The predicted octanol–water partition coefficient (Wildman–Crippen LogP) is 2.77. The second-order valence-corrected chi connectivity index (χ2v) is 6.58. The first-order chi connectivity index (χ1) is 13.0. The molecule has 1 amide bonds. The van der Waals surface area contributed by atoms with E-state index in [-0.39, 0.29) is 12.1 Å². The predicted molar refractivity (Wildman–Crippen MR) is 102 cm³/mol. The van der Waals surface area contributed by atoms with Crippen molar-refractivity contribution in [3.8, 4) is 11.5 Å². The summed E-state index contributed by atoms with van der Waals surface area (Å²) in [5, 5.41) is 3.50. The minimum absolute atomic E-state index is 0.180. The largest absolute Gasteiger partial charge is 0.486 e. The Morgan fingerprint density at radius 1 is 1.26 bits per heavy atom. The van der Waals surface area contributed by atoms with Crippen molar-refractivity contribution in [2.24, 2.45) is 0 Å². The van der Waals surface area contributed by atoms with Gasteiger partial charge in [0.05, 0.1) is 27.9 Å². The maximum atomic E-state index is 12.6. The minimum atomic E-state index is -0.399. The summed E-state index contributed by atoms with van der Waals surface area (Å²) >= 11 is 6.20. The number of halogens is 1. The second-order valence-electron chi connectivity index (χ2n) is 6.17. The summed E-state index contributed by atoms with van der Waals surface area (Å²) in [5.74, 6) is 0.653. The molecule has 8 heteroatoms. The lowest BCUT2D eigenvalue weighted by Gasteiger charge is -2.20. The first-order valence-electron chi connectivity index (χ1n) is 8.36. The number of rotatable bonds is 3. The summed E-state index contributed by atoms with van der Waals surface area (Å²) in [6, 6.07) is 8.58. The summed E-state index contributed by atoms with van der Waals surface area (Å²) in [6.45, 7) is 2.59. The molecule has 7 nitrogen and oxygen atoms in total. The number of aryl methyl sites for hydroxylation is 1. The highest BCUT2D eigenvalue weighted by Gasteiger charge is 2.17. The van der Waals surface area contributed by atoms with Gasteiger partial charge in [0.25, 0.3) is 5.56 Å². The van der Waals surface area contributed by atoms with E-state index in [1.54, 1.807) is 24.3 Å². The van der Waals surface area contributed by atoms with E-state index in [1.807, 2.05) is 13.0 Å². The van der Waals surface area contributed by atoms with Crippen LogP contribution in [0.5, 0.6) is 11.5 Å². The Hall–Kier alpha value is -3.06. The van der Waals surface area contributed by atoms with Crippen LogP contribution >= 0.6 is 11.6 Å². The molecular weight excluding hydrogens is 370 g/mol. The van der Waals surface area contributed by atoms with Gasteiger partial charge in [-0.2, -0.15) is 0 Å². The Labute approximate surface area is 159 Å². The number of aromatic nitrogens is 2. The third-order valence-corrected chi connectivity index (χ3v) is 4.59. The van der Waals surface area contributed by atoms with Crippen LogP contribution in [-0.2, 0) is 11.3 Å². The van der Waals surface area contributed by atoms with Crippen molar-refractivity contribution in [2.75, 3.05) is 18.5 Å². The molecule has 0 spiro atoms. The standard InChI is InChI=1S/C19H16ClN3O4/c1-11-3-2-4-12-18(11)21-10-23(19(12)25)9-17(24)22-14-8-16-15(7-13(14)20)26-5-6-27-16/h2-4,7-8,10H,5-6,9H2,1H3,(H,22,24). The number of carbonyl (C=O) groups excluding carboxylic acids is 1. The fraction of sp³-hybridized carbons (Fsp3) is 0.211. The summed E-state index contributed by atoms with van der Waals surface area (Å²) in [7, 11) is 0. The fourth-order valence-corrected chi connectivity index (χ4v) is 3.16. The maximum absolute atomic E-state index is 12.6. The Morgan fingerprint density at radius 3 is 2.78 bits per heavy atom. The van der Waals surface area contributed by atoms with Gasteiger partial charge in [-0.15, -0.1) is 0 Å². The Balaban J connectivity index is 1.58. The van der Waals surface area contributed by atoms with Gasteiger partial charge in [-0.1, -0.05) is 23.7 Å². The number of benzene rings is 2. The van der Waals surface area contributed by atoms with Gasteiger partial charge in [-0.3, -0.25) is 14.2 Å². The highest BCUT2D eigenvalue weighted by Crippen LogP contribution is 2.37. The number of hydrogen-bond donors (Lipinski definition) is 1. The van der Waals surface area contributed by atoms with Gasteiger partial charge in [0.15, 0.2) is 11.5 Å². The first kappa shape index (κ1) is 17.4. The zero-order valence-electron chi connectivity index (χ0n) is 14.5. The Kier molecular flexibility index (Phi) is 4.45. The Morgan fingerprint density at radius 2 is 2.00 bits per heavy atom. The lowest BCUT2D eigenvalue weighted by atomic mass is 10.1.